The number of nitrogens with one attached hydrogen (secondary N) is 2. The summed E-state index contributed by atoms with van der Waals surface area (Å²) in [7, 11) is 0. The molecule has 1 aromatic rings. The summed E-state index contributed by atoms with van der Waals surface area (Å²) in [5.41, 5.74) is -0.445. The van der Waals surface area contributed by atoms with Crippen LogP contribution in [0.3, 0.4) is 0 Å². The van der Waals surface area contributed by atoms with Crippen molar-refractivity contribution in [2.75, 3.05) is 11.9 Å². The first kappa shape index (κ1) is 19.8. The molecule has 150 valence electrons. The fourth-order valence-corrected chi connectivity index (χ4v) is 3.49. The minimum Gasteiger partial charge on any atom is -0.452 e. The van der Waals surface area contributed by atoms with Crippen molar-refractivity contribution in [2.45, 2.75) is 50.7 Å². The molecule has 2 aliphatic rings. The molecule has 3 rings (SSSR count). The van der Waals surface area contributed by atoms with Crippen molar-refractivity contribution in [1.82, 2.24) is 10.2 Å². The number of nitrogens with zero attached hydrogens (tertiary/aromatic N) is 1. The number of ether oxygens (including phenoxy) is 1. The number of anilines is 1. The van der Waals surface area contributed by atoms with Gasteiger partial charge in [0.2, 0.25) is 0 Å². The molecule has 1 spiro atoms. The average Bonchev–Trinajstić information content (AvgIpc) is 3.21. The van der Waals surface area contributed by atoms with Gasteiger partial charge in [0, 0.05) is 12.2 Å². The Morgan fingerprint density at radius 3 is 2.54 bits per heavy atom. The van der Waals surface area contributed by atoms with Crippen LogP contribution in [0.1, 0.15) is 39.0 Å². The van der Waals surface area contributed by atoms with Crippen LogP contribution in [0.4, 0.5) is 14.9 Å². The lowest BCUT2D eigenvalue weighted by Crippen LogP contribution is -2.44. The normalized spacial score (nSPS) is 18.9. The number of hydrogen-bond donors (Lipinski definition) is 2. The highest BCUT2D eigenvalue weighted by atomic mass is 19.1. The lowest BCUT2D eigenvalue weighted by Gasteiger charge is -2.20. The van der Waals surface area contributed by atoms with E-state index in [9.17, 15) is 23.6 Å². The number of urea groups is 1. The molecule has 2 N–H and O–H groups in total. The van der Waals surface area contributed by atoms with Crippen molar-refractivity contribution < 1.29 is 28.3 Å². The third-order valence-electron chi connectivity index (χ3n) is 5.03. The summed E-state index contributed by atoms with van der Waals surface area (Å²) in [6.45, 7) is 1.30. The number of hydrogen-bond acceptors (Lipinski definition) is 5. The van der Waals surface area contributed by atoms with Gasteiger partial charge in [0.05, 0.1) is 6.42 Å². The standard InChI is InChI=1S/C19H22FN3O5/c1-12(16(25)21-14-6-4-13(20)5-7-14)28-15(24)8-11-23-17(26)19(22-18(23)27)9-2-3-10-19/h4-7,12H,2-3,8-11H2,1H3,(H,21,25)(H,22,27)/t12-/m1/s1. The van der Waals surface area contributed by atoms with E-state index in [0.717, 1.165) is 17.7 Å². The number of rotatable bonds is 6. The highest BCUT2D eigenvalue weighted by molar-refractivity contribution is 6.07. The Hall–Kier alpha value is -2.97. The van der Waals surface area contributed by atoms with Gasteiger partial charge in [0.25, 0.3) is 11.8 Å². The summed E-state index contributed by atoms with van der Waals surface area (Å²) in [4.78, 5) is 49.7. The Bertz CT molecular complexity index is 789. The van der Waals surface area contributed by atoms with E-state index in [1.54, 1.807) is 0 Å². The Balaban J connectivity index is 1.47. The van der Waals surface area contributed by atoms with Crippen LogP contribution in [0.2, 0.25) is 0 Å². The zero-order chi connectivity index (χ0) is 20.3. The van der Waals surface area contributed by atoms with Gasteiger partial charge in [0.1, 0.15) is 11.4 Å². The maximum absolute atomic E-state index is 12.9. The molecule has 1 saturated heterocycles. The smallest absolute Gasteiger partial charge is 0.325 e. The van der Waals surface area contributed by atoms with Crippen LogP contribution in [0.25, 0.3) is 0 Å². The second-order valence-electron chi connectivity index (χ2n) is 7.05. The summed E-state index contributed by atoms with van der Waals surface area (Å²) in [6.07, 6.45) is 1.69. The van der Waals surface area contributed by atoms with Crippen molar-refractivity contribution in [3.05, 3.63) is 30.1 Å². The van der Waals surface area contributed by atoms with Gasteiger partial charge in [-0.25, -0.2) is 9.18 Å². The summed E-state index contributed by atoms with van der Waals surface area (Å²) in [5, 5.41) is 5.24. The third kappa shape index (κ3) is 4.13. The molecule has 9 heteroatoms. The quantitative estimate of drug-likeness (QED) is 0.570. The lowest BCUT2D eigenvalue weighted by atomic mass is 9.98. The number of benzene rings is 1. The third-order valence-corrected chi connectivity index (χ3v) is 5.03. The van der Waals surface area contributed by atoms with Gasteiger partial charge in [0.15, 0.2) is 6.10 Å². The van der Waals surface area contributed by atoms with Crippen LogP contribution in [-0.2, 0) is 19.1 Å². The van der Waals surface area contributed by atoms with Crippen LogP contribution in [0.5, 0.6) is 0 Å². The molecule has 1 aromatic carbocycles. The van der Waals surface area contributed by atoms with Crippen molar-refractivity contribution in [3.63, 3.8) is 0 Å². The zero-order valence-electron chi connectivity index (χ0n) is 15.5. The van der Waals surface area contributed by atoms with Crippen LogP contribution in [-0.4, -0.2) is 46.9 Å². The van der Waals surface area contributed by atoms with E-state index in [1.807, 2.05) is 0 Å². The Labute approximate surface area is 161 Å². The minimum absolute atomic E-state index is 0.0997. The summed E-state index contributed by atoms with van der Waals surface area (Å²) >= 11 is 0. The Morgan fingerprint density at radius 1 is 1.25 bits per heavy atom. The molecule has 0 radical (unpaired) electrons. The molecule has 1 atom stereocenters. The van der Waals surface area contributed by atoms with Gasteiger partial charge >= 0.3 is 12.0 Å². The maximum atomic E-state index is 12.9. The zero-order valence-corrected chi connectivity index (χ0v) is 15.5. The lowest BCUT2D eigenvalue weighted by molar-refractivity contribution is -0.153. The summed E-state index contributed by atoms with van der Waals surface area (Å²) in [5.74, 6) is -2.00. The highest BCUT2D eigenvalue weighted by Crippen LogP contribution is 2.35. The number of carbonyl (C=O) groups is 4. The van der Waals surface area contributed by atoms with Crippen LogP contribution >= 0.6 is 0 Å². The van der Waals surface area contributed by atoms with E-state index < -0.39 is 35.4 Å². The van der Waals surface area contributed by atoms with E-state index >= 15 is 0 Å². The number of halogens is 1. The molecular formula is C19H22FN3O5. The summed E-state index contributed by atoms with van der Waals surface area (Å²) < 4.78 is 17.9. The predicted octanol–water partition coefficient (Wildman–Crippen LogP) is 1.95. The van der Waals surface area contributed by atoms with Crippen LogP contribution < -0.4 is 10.6 Å². The van der Waals surface area contributed by atoms with Crippen LogP contribution in [0, 0.1) is 5.82 Å². The van der Waals surface area contributed by atoms with Crippen LogP contribution in [0.15, 0.2) is 24.3 Å². The van der Waals surface area contributed by atoms with Crippen molar-refractivity contribution in [2.24, 2.45) is 0 Å². The first-order valence-electron chi connectivity index (χ1n) is 9.21. The second-order valence-corrected chi connectivity index (χ2v) is 7.05. The molecule has 0 aromatic heterocycles. The molecular weight excluding hydrogens is 369 g/mol. The van der Waals surface area contributed by atoms with E-state index in [0.29, 0.717) is 18.5 Å². The molecule has 0 bridgehead atoms. The SMILES string of the molecule is C[C@@H](OC(=O)CCN1C(=O)NC2(CCCC2)C1=O)C(=O)Nc1ccc(F)cc1. The van der Waals surface area contributed by atoms with Crippen molar-refractivity contribution in [3.8, 4) is 0 Å². The van der Waals surface area contributed by atoms with Crippen molar-refractivity contribution >= 4 is 29.5 Å². The maximum Gasteiger partial charge on any atom is 0.325 e. The second kappa shape index (κ2) is 7.95. The van der Waals surface area contributed by atoms with Gasteiger partial charge in [-0.05, 0) is 44.0 Å². The van der Waals surface area contributed by atoms with Gasteiger partial charge in [-0.2, -0.15) is 0 Å². The molecule has 1 aliphatic heterocycles. The van der Waals surface area contributed by atoms with E-state index in [-0.39, 0.29) is 18.9 Å². The summed E-state index contributed by atoms with van der Waals surface area (Å²) in [6, 6.07) is 4.67. The van der Waals surface area contributed by atoms with Gasteiger partial charge in [-0.3, -0.25) is 19.3 Å². The first-order valence-corrected chi connectivity index (χ1v) is 9.21. The van der Waals surface area contributed by atoms with Gasteiger partial charge in [-0.1, -0.05) is 12.8 Å². The van der Waals surface area contributed by atoms with E-state index in [1.165, 1.54) is 31.2 Å². The highest BCUT2D eigenvalue weighted by Gasteiger charge is 2.52. The molecule has 4 amide bonds. The molecule has 2 fully saturated rings. The molecule has 1 aliphatic carbocycles. The predicted molar refractivity (Wildman–Crippen MR) is 96.6 cm³/mol. The largest absolute Gasteiger partial charge is 0.452 e. The van der Waals surface area contributed by atoms with E-state index in [4.69, 9.17) is 4.74 Å². The topological polar surface area (TPSA) is 105 Å². The van der Waals surface area contributed by atoms with Gasteiger partial charge < -0.3 is 15.4 Å². The Morgan fingerprint density at radius 2 is 1.89 bits per heavy atom. The fraction of sp³-hybridized carbons (Fsp3) is 0.474. The minimum atomic E-state index is -1.08. The molecule has 1 saturated carbocycles. The Kier molecular flexibility index (Phi) is 5.62. The molecule has 28 heavy (non-hydrogen) atoms. The van der Waals surface area contributed by atoms with Crippen molar-refractivity contribution in [1.29, 1.82) is 0 Å². The average molecular weight is 391 g/mol. The number of amides is 4. The monoisotopic (exact) mass is 391 g/mol. The fourth-order valence-electron chi connectivity index (χ4n) is 3.49. The molecule has 8 nitrogen and oxygen atoms in total. The van der Waals surface area contributed by atoms with E-state index in [2.05, 4.69) is 10.6 Å². The molecule has 0 unspecified atom stereocenters. The number of esters is 1. The molecule has 1 heterocycles. The van der Waals surface area contributed by atoms with Gasteiger partial charge in [-0.15, -0.1) is 0 Å². The first-order chi connectivity index (χ1) is 13.3. The number of imide groups is 1. The number of carbonyl (C=O) groups excluding carboxylic acids is 4.